The molecule has 0 unspecified atom stereocenters. The molecule has 0 aliphatic heterocycles. The zero-order chi connectivity index (χ0) is 11.7. The summed E-state index contributed by atoms with van der Waals surface area (Å²) in [6, 6.07) is 9.66. The summed E-state index contributed by atoms with van der Waals surface area (Å²) < 4.78 is 1.73. The van der Waals surface area contributed by atoms with E-state index in [4.69, 9.17) is 5.73 Å². The van der Waals surface area contributed by atoms with E-state index >= 15 is 0 Å². The van der Waals surface area contributed by atoms with Gasteiger partial charge in [-0.2, -0.15) is 5.10 Å². The summed E-state index contributed by atoms with van der Waals surface area (Å²) in [6.45, 7) is 3.77. The second-order valence-corrected chi connectivity index (χ2v) is 3.67. The number of benzene rings is 1. The Morgan fingerprint density at radius 2 is 1.88 bits per heavy atom. The minimum Gasteiger partial charge on any atom is -0.364 e. The van der Waals surface area contributed by atoms with Crippen molar-refractivity contribution in [2.45, 2.75) is 13.8 Å². The number of amides is 1. The van der Waals surface area contributed by atoms with Crippen LogP contribution in [0.15, 0.2) is 30.3 Å². The zero-order valence-corrected chi connectivity index (χ0v) is 9.27. The molecule has 4 nitrogen and oxygen atoms in total. The summed E-state index contributed by atoms with van der Waals surface area (Å²) in [6.07, 6.45) is 0. The number of hydrogen-bond donors (Lipinski definition) is 1. The second-order valence-electron chi connectivity index (χ2n) is 3.67. The Bertz CT molecular complexity index is 529. The molecule has 82 valence electrons. The second kappa shape index (κ2) is 3.81. The van der Waals surface area contributed by atoms with Crippen LogP contribution in [0.2, 0.25) is 0 Å². The largest absolute Gasteiger partial charge is 0.364 e. The van der Waals surface area contributed by atoms with Gasteiger partial charge >= 0.3 is 0 Å². The standard InChI is InChI=1S/C12H13N3O/c1-8-9(2)15(14-11(8)12(13)16)10-6-4-3-5-7-10/h3-7H,1-2H3,(H2,13,16). The lowest BCUT2D eigenvalue weighted by molar-refractivity contribution is 0.0994. The van der Waals surface area contributed by atoms with E-state index in [-0.39, 0.29) is 0 Å². The Hall–Kier alpha value is -2.10. The van der Waals surface area contributed by atoms with Crippen molar-refractivity contribution in [3.05, 3.63) is 47.3 Å². The Labute approximate surface area is 93.7 Å². The molecule has 1 aromatic heterocycles. The quantitative estimate of drug-likeness (QED) is 0.826. The van der Waals surface area contributed by atoms with Gasteiger partial charge in [0.2, 0.25) is 0 Å². The normalized spacial score (nSPS) is 10.4. The molecule has 0 saturated carbocycles. The molecule has 1 heterocycles. The van der Waals surface area contributed by atoms with Gasteiger partial charge in [-0.05, 0) is 26.0 Å². The Kier molecular flexibility index (Phi) is 2.48. The van der Waals surface area contributed by atoms with Crippen LogP contribution in [0.1, 0.15) is 21.7 Å². The predicted molar refractivity (Wildman–Crippen MR) is 61.6 cm³/mol. The van der Waals surface area contributed by atoms with Gasteiger partial charge in [0.05, 0.1) is 5.69 Å². The van der Waals surface area contributed by atoms with Gasteiger partial charge in [-0.15, -0.1) is 0 Å². The lowest BCUT2D eigenvalue weighted by Crippen LogP contribution is -2.13. The minimum absolute atomic E-state index is 0.335. The highest BCUT2D eigenvalue weighted by Gasteiger charge is 2.15. The van der Waals surface area contributed by atoms with E-state index in [1.54, 1.807) is 4.68 Å². The molecule has 0 aliphatic carbocycles. The number of hydrogen-bond acceptors (Lipinski definition) is 2. The first-order chi connectivity index (χ1) is 7.61. The first-order valence-electron chi connectivity index (χ1n) is 5.02. The molecule has 2 rings (SSSR count). The highest BCUT2D eigenvalue weighted by atomic mass is 16.1. The topological polar surface area (TPSA) is 60.9 Å². The molecule has 2 aromatic rings. The summed E-state index contributed by atoms with van der Waals surface area (Å²) >= 11 is 0. The van der Waals surface area contributed by atoms with Gasteiger partial charge < -0.3 is 5.73 Å². The lowest BCUT2D eigenvalue weighted by atomic mass is 10.2. The molecule has 4 heteroatoms. The molecule has 0 aliphatic rings. The molecule has 1 amide bonds. The number of nitrogens with two attached hydrogens (primary N) is 1. The SMILES string of the molecule is Cc1c(C(N)=O)nn(-c2ccccc2)c1C. The number of primary amides is 1. The van der Waals surface area contributed by atoms with Crippen LogP contribution < -0.4 is 5.73 Å². The summed E-state index contributed by atoms with van der Waals surface area (Å²) in [5, 5.41) is 4.22. The molecule has 2 N–H and O–H groups in total. The fraction of sp³-hybridized carbons (Fsp3) is 0.167. The fourth-order valence-corrected chi connectivity index (χ4v) is 1.63. The molecule has 0 bridgehead atoms. The van der Waals surface area contributed by atoms with Crippen LogP contribution in [0.4, 0.5) is 0 Å². The third-order valence-corrected chi connectivity index (χ3v) is 2.65. The molecule has 0 saturated heterocycles. The third-order valence-electron chi connectivity index (χ3n) is 2.65. The van der Waals surface area contributed by atoms with Gasteiger partial charge in [0.15, 0.2) is 5.69 Å². The van der Waals surface area contributed by atoms with E-state index in [2.05, 4.69) is 5.10 Å². The van der Waals surface area contributed by atoms with E-state index in [9.17, 15) is 4.79 Å². The van der Waals surface area contributed by atoms with Gasteiger partial charge in [-0.3, -0.25) is 4.79 Å². The van der Waals surface area contributed by atoms with E-state index in [0.717, 1.165) is 16.9 Å². The smallest absolute Gasteiger partial charge is 0.269 e. The predicted octanol–water partition coefficient (Wildman–Crippen LogP) is 1.59. The Morgan fingerprint density at radius 1 is 1.25 bits per heavy atom. The summed E-state index contributed by atoms with van der Waals surface area (Å²) in [4.78, 5) is 11.2. The number of para-hydroxylation sites is 1. The van der Waals surface area contributed by atoms with Crippen molar-refractivity contribution in [3.8, 4) is 5.69 Å². The third kappa shape index (κ3) is 1.58. The average Bonchev–Trinajstić information content (AvgIpc) is 2.58. The highest BCUT2D eigenvalue weighted by Crippen LogP contribution is 2.16. The maximum atomic E-state index is 11.2. The number of rotatable bonds is 2. The monoisotopic (exact) mass is 215 g/mol. The van der Waals surface area contributed by atoms with Crippen molar-refractivity contribution in [2.75, 3.05) is 0 Å². The number of nitrogens with zero attached hydrogens (tertiary/aromatic N) is 2. The maximum Gasteiger partial charge on any atom is 0.269 e. The van der Waals surface area contributed by atoms with Crippen LogP contribution in [-0.2, 0) is 0 Å². The first kappa shape index (κ1) is 10.4. The molecule has 0 fully saturated rings. The van der Waals surface area contributed by atoms with Gasteiger partial charge in [-0.25, -0.2) is 4.68 Å². The number of carbonyl (C=O) groups excluding carboxylic acids is 1. The van der Waals surface area contributed by atoms with Crippen molar-refractivity contribution < 1.29 is 4.79 Å². The summed E-state index contributed by atoms with van der Waals surface area (Å²) in [5.74, 6) is -0.490. The van der Waals surface area contributed by atoms with Crippen LogP contribution in [0.3, 0.4) is 0 Å². The highest BCUT2D eigenvalue weighted by molar-refractivity contribution is 5.92. The van der Waals surface area contributed by atoms with Crippen LogP contribution in [0.25, 0.3) is 5.69 Å². The van der Waals surface area contributed by atoms with Gasteiger partial charge in [0.1, 0.15) is 0 Å². The van der Waals surface area contributed by atoms with E-state index < -0.39 is 5.91 Å². The Balaban J connectivity index is 2.60. The molecule has 1 aromatic carbocycles. The van der Waals surface area contributed by atoms with Crippen molar-refractivity contribution in [1.29, 1.82) is 0 Å². The average molecular weight is 215 g/mol. The van der Waals surface area contributed by atoms with Crippen molar-refractivity contribution in [2.24, 2.45) is 5.73 Å². The Morgan fingerprint density at radius 3 is 2.38 bits per heavy atom. The molecular formula is C12H13N3O. The van der Waals surface area contributed by atoms with Gasteiger partial charge in [0.25, 0.3) is 5.91 Å². The van der Waals surface area contributed by atoms with Crippen molar-refractivity contribution >= 4 is 5.91 Å². The first-order valence-corrected chi connectivity index (χ1v) is 5.02. The van der Waals surface area contributed by atoms with Crippen molar-refractivity contribution in [1.82, 2.24) is 9.78 Å². The summed E-state index contributed by atoms with van der Waals surface area (Å²) in [7, 11) is 0. The number of aromatic nitrogens is 2. The van der Waals surface area contributed by atoms with Crippen LogP contribution >= 0.6 is 0 Å². The molecule has 0 atom stereocenters. The molecular weight excluding hydrogens is 202 g/mol. The molecule has 0 radical (unpaired) electrons. The minimum atomic E-state index is -0.490. The van der Waals surface area contributed by atoms with Crippen molar-refractivity contribution in [3.63, 3.8) is 0 Å². The lowest BCUT2D eigenvalue weighted by Gasteiger charge is -2.03. The van der Waals surface area contributed by atoms with Crippen LogP contribution in [-0.4, -0.2) is 15.7 Å². The van der Waals surface area contributed by atoms with Gasteiger partial charge in [-0.1, -0.05) is 18.2 Å². The van der Waals surface area contributed by atoms with Crippen LogP contribution in [0.5, 0.6) is 0 Å². The fourth-order valence-electron chi connectivity index (χ4n) is 1.63. The maximum absolute atomic E-state index is 11.2. The van der Waals surface area contributed by atoms with Crippen LogP contribution in [0, 0.1) is 13.8 Å². The summed E-state index contributed by atoms with van der Waals surface area (Å²) in [5.41, 5.74) is 8.28. The molecule has 0 spiro atoms. The zero-order valence-electron chi connectivity index (χ0n) is 9.27. The van der Waals surface area contributed by atoms with E-state index in [1.807, 2.05) is 44.2 Å². The van der Waals surface area contributed by atoms with E-state index in [1.165, 1.54) is 0 Å². The molecule has 16 heavy (non-hydrogen) atoms. The van der Waals surface area contributed by atoms with Gasteiger partial charge in [0, 0.05) is 11.3 Å². The van der Waals surface area contributed by atoms with E-state index in [0.29, 0.717) is 5.69 Å². The number of carbonyl (C=O) groups is 1.